The van der Waals surface area contributed by atoms with E-state index in [9.17, 15) is 9.59 Å². The summed E-state index contributed by atoms with van der Waals surface area (Å²) in [4.78, 5) is 31.6. The van der Waals surface area contributed by atoms with Crippen molar-refractivity contribution in [2.45, 2.75) is 39.2 Å². The Balaban J connectivity index is 1.66. The minimum atomic E-state index is -0.314. The third-order valence-corrected chi connectivity index (χ3v) is 6.03. The molecule has 0 spiro atoms. The van der Waals surface area contributed by atoms with Crippen LogP contribution >= 0.6 is 11.6 Å². The topological polar surface area (TPSA) is 53.1 Å². The van der Waals surface area contributed by atoms with Crippen molar-refractivity contribution in [1.82, 2.24) is 14.7 Å². The van der Waals surface area contributed by atoms with E-state index in [1.807, 2.05) is 29.2 Å². The van der Waals surface area contributed by atoms with E-state index in [4.69, 9.17) is 16.3 Å². The number of carbonyl (C=O) groups excluding carboxylic acids is 2. The number of ether oxygens (including phenoxy) is 1. The summed E-state index contributed by atoms with van der Waals surface area (Å²) in [6, 6.07) is 7.68. The summed E-state index contributed by atoms with van der Waals surface area (Å²) in [5.41, 5.74) is 1.07. The van der Waals surface area contributed by atoms with Gasteiger partial charge in [0.1, 0.15) is 0 Å². The Bertz CT molecular complexity index is 676. The molecule has 1 atom stereocenters. The smallest absolute Gasteiger partial charge is 0.409 e. The van der Waals surface area contributed by atoms with E-state index in [0.717, 1.165) is 38.0 Å². The average molecular weight is 422 g/mol. The fraction of sp³-hybridized carbons (Fsp3) is 0.636. The minimum absolute atomic E-state index is 0.133. The number of hydrogen-bond donors (Lipinski definition) is 0. The van der Waals surface area contributed by atoms with Gasteiger partial charge in [0.05, 0.1) is 12.5 Å². The molecule has 2 aliphatic rings. The molecule has 0 unspecified atom stereocenters. The maximum atomic E-state index is 13.4. The van der Waals surface area contributed by atoms with Crippen LogP contribution in [0.25, 0.3) is 0 Å². The van der Waals surface area contributed by atoms with E-state index in [2.05, 4.69) is 4.90 Å². The van der Waals surface area contributed by atoms with Crippen molar-refractivity contribution in [2.75, 3.05) is 45.9 Å². The standard InChI is InChI=1S/C22H32ClN3O3/c1-2-29-22(28)26-13-5-6-19(17-26)21(27)25(15-14-24-11-3-4-12-24)16-18-7-9-20(23)10-8-18/h7-10,19H,2-6,11-17H2,1H3/t19-/m0/s1. The number of amides is 2. The predicted octanol–water partition coefficient (Wildman–Crippen LogP) is 3.63. The second kappa shape index (κ2) is 10.8. The van der Waals surface area contributed by atoms with E-state index >= 15 is 0 Å². The molecule has 2 heterocycles. The zero-order valence-corrected chi connectivity index (χ0v) is 18.1. The van der Waals surface area contributed by atoms with Crippen molar-refractivity contribution in [2.24, 2.45) is 5.92 Å². The van der Waals surface area contributed by atoms with Crippen LogP contribution in [0.1, 0.15) is 38.2 Å². The Morgan fingerprint density at radius 1 is 1.14 bits per heavy atom. The highest BCUT2D eigenvalue weighted by Gasteiger charge is 2.32. The van der Waals surface area contributed by atoms with Gasteiger partial charge in [-0.2, -0.15) is 0 Å². The molecule has 0 N–H and O–H groups in total. The van der Waals surface area contributed by atoms with Crippen LogP contribution in [0.2, 0.25) is 5.02 Å². The Morgan fingerprint density at radius 3 is 2.55 bits per heavy atom. The third-order valence-electron chi connectivity index (χ3n) is 5.78. The molecular formula is C22H32ClN3O3. The molecule has 2 amide bonds. The number of hydrogen-bond acceptors (Lipinski definition) is 4. The summed E-state index contributed by atoms with van der Waals surface area (Å²) in [5, 5.41) is 0.695. The second-order valence-electron chi connectivity index (χ2n) is 7.92. The van der Waals surface area contributed by atoms with Gasteiger partial charge in [-0.1, -0.05) is 23.7 Å². The molecule has 1 aromatic carbocycles. The van der Waals surface area contributed by atoms with Crippen molar-refractivity contribution in [3.05, 3.63) is 34.9 Å². The highest BCUT2D eigenvalue weighted by atomic mass is 35.5. The van der Waals surface area contributed by atoms with Crippen LogP contribution in [0.3, 0.4) is 0 Å². The van der Waals surface area contributed by atoms with E-state index in [1.54, 1.807) is 11.8 Å². The molecule has 3 rings (SSSR count). The van der Waals surface area contributed by atoms with E-state index in [-0.39, 0.29) is 17.9 Å². The van der Waals surface area contributed by atoms with E-state index in [1.165, 1.54) is 12.8 Å². The monoisotopic (exact) mass is 421 g/mol. The molecule has 6 nitrogen and oxygen atoms in total. The lowest BCUT2D eigenvalue weighted by Gasteiger charge is -2.35. The molecule has 29 heavy (non-hydrogen) atoms. The second-order valence-corrected chi connectivity index (χ2v) is 8.36. The van der Waals surface area contributed by atoms with Crippen LogP contribution in [-0.2, 0) is 16.1 Å². The zero-order chi connectivity index (χ0) is 20.6. The summed E-state index contributed by atoms with van der Waals surface area (Å²) in [6.07, 6.45) is 3.81. The van der Waals surface area contributed by atoms with Crippen LogP contribution in [-0.4, -0.2) is 72.6 Å². The van der Waals surface area contributed by atoms with Gasteiger partial charge in [0.2, 0.25) is 5.91 Å². The van der Waals surface area contributed by atoms with E-state index < -0.39 is 0 Å². The Morgan fingerprint density at radius 2 is 1.86 bits per heavy atom. The first-order valence-electron chi connectivity index (χ1n) is 10.7. The number of rotatable bonds is 7. The van der Waals surface area contributed by atoms with Gasteiger partial charge in [-0.15, -0.1) is 0 Å². The molecule has 2 saturated heterocycles. The first kappa shape index (κ1) is 21.9. The average Bonchev–Trinajstić information content (AvgIpc) is 3.26. The molecule has 0 aromatic heterocycles. The lowest BCUT2D eigenvalue weighted by Crippen LogP contribution is -2.48. The quantitative estimate of drug-likeness (QED) is 0.674. The Labute approximate surface area is 178 Å². The highest BCUT2D eigenvalue weighted by molar-refractivity contribution is 6.30. The first-order valence-corrected chi connectivity index (χ1v) is 11.1. The van der Waals surface area contributed by atoms with E-state index in [0.29, 0.717) is 37.8 Å². The van der Waals surface area contributed by atoms with Crippen molar-refractivity contribution in [3.8, 4) is 0 Å². The van der Waals surface area contributed by atoms with Crippen molar-refractivity contribution in [1.29, 1.82) is 0 Å². The van der Waals surface area contributed by atoms with Gasteiger partial charge in [0.15, 0.2) is 0 Å². The number of nitrogens with zero attached hydrogens (tertiary/aromatic N) is 3. The summed E-state index contributed by atoms with van der Waals surface area (Å²) in [7, 11) is 0. The summed E-state index contributed by atoms with van der Waals surface area (Å²) in [6.45, 7) is 7.66. The third kappa shape index (κ3) is 6.34. The fourth-order valence-corrected chi connectivity index (χ4v) is 4.29. The van der Waals surface area contributed by atoms with Gasteiger partial charge in [-0.25, -0.2) is 4.79 Å². The lowest BCUT2D eigenvalue weighted by molar-refractivity contribution is -0.138. The molecule has 2 fully saturated rings. The number of piperidine rings is 1. The van der Waals surface area contributed by atoms with Crippen LogP contribution < -0.4 is 0 Å². The molecule has 1 aromatic rings. The van der Waals surface area contributed by atoms with Crippen LogP contribution in [0.4, 0.5) is 4.79 Å². The normalized spacial score (nSPS) is 19.9. The van der Waals surface area contributed by atoms with Gasteiger partial charge in [-0.05, 0) is 63.4 Å². The van der Waals surface area contributed by atoms with Gasteiger partial charge < -0.3 is 19.4 Å². The van der Waals surface area contributed by atoms with Crippen LogP contribution in [0.15, 0.2) is 24.3 Å². The number of carbonyl (C=O) groups is 2. The van der Waals surface area contributed by atoms with Crippen molar-refractivity contribution >= 4 is 23.6 Å². The lowest BCUT2D eigenvalue weighted by atomic mass is 9.96. The predicted molar refractivity (Wildman–Crippen MR) is 114 cm³/mol. The maximum absolute atomic E-state index is 13.4. The number of likely N-dealkylation sites (tertiary alicyclic amines) is 2. The Kier molecular flexibility index (Phi) is 8.19. The number of halogens is 1. The largest absolute Gasteiger partial charge is 0.450 e. The minimum Gasteiger partial charge on any atom is -0.450 e. The Hall–Kier alpha value is -1.79. The molecule has 0 radical (unpaired) electrons. The molecule has 0 bridgehead atoms. The molecule has 2 aliphatic heterocycles. The SMILES string of the molecule is CCOC(=O)N1CCC[C@H](C(=O)N(CCN2CCCC2)Cc2ccc(Cl)cc2)C1. The molecule has 0 aliphatic carbocycles. The van der Waals surface area contributed by atoms with Gasteiger partial charge in [0.25, 0.3) is 0 Å². The number of benzene rings is 1. The summed E-state index contributed by atoms with van der Waals surface area (Å²) in [5.74, 6) is -0.0350. The van der Waals surface area contributed by atoms with Gasteiger partial charge >= 0.3 is 6.09 Å². The van der Waals surface area contributed by atoms with Crippen LogP contribution in [0.5, 0.6) is 0 Å². The summed E-state index contributed by atoms with van der Waals surface area (Å²) < 4.78 is 5.13. The maximum Gasteiger partial charge on any atom is 0.409 e. The van der Waals surface area contributed by atoms with Crippen molar-refractivity contribution in [3.63, 3.8) is 0 Å². The van der Waals surface area contributed by atoms with Gasteiger partial charge in [-0.3, -0.25) is 4.79 Å². The molecular weight excluding hydrogens is 390 g/mol. The van der Waals surface area contributed by atoms with Gasteiger partial charge in [0, 0.05) is 37.7 Å². The summed E-state index contributed by atoms with van der Waals surface area (Å²) >= 11 is 6.01. The molecule has 7 heteroatoms. The fourth-order valence-electron chi connectivity index (χ4n) is 4.16. The molecule has 0 saturated carbocycles. The first-order chi connectivity index (χ1) is 14.1. The van der Waals surface area contributed by atoms with Crippen LogP contribution in [0, 0.1) is 5.92 Å². The zero-order valence-electron chi connectivity index (χ0n) is 17.3. The molecule has 160 valence electrons. The van der Waals surface area contributed by atoms with Crippen molar-refractivity contribution < 1.29 is 14.3 Å². The highest BCUT2D eigenvalue weighted by Crippen LogP contribution is 2.21.